The number of unbranched alkanes of at least 4 members (excludes halogenated alkanes) is 2. The van der Waals surface area contributed by atoms with Gasteiger partial charge in [0.2, 0.25) is 0 Å². The van der Waals surface area contributed by atoms with E-state index < -0.39 is 0 Å². The van der Waals surface area contributed by atoms with Crippen molar-refractivity contribution in [3.05, 3.63) is 71.8 Å². The van der Waals surface area contributed by atoms with Crippen molar-refractivity contribution in [3.8, 4) is 0 Å². The van der Waals surface area contributed by atoms with Crippen LogP contribution in [-0.4, -0.2) is 24.4 Å². The third kappa shape index (κ3) is 9.71. The third-order valence-electron chi connectivity index (χ3n) is 4.38. The van der Waals surface area contributed by atoms with Crippen LogP contribution in [0.2, 0.25) is 0 Å². The molecule has 1 N–H and O–H groups in total. The number of aliphatic hydroxyl groups excluding tert-OH is 1. The summed E-state index contributed by atoms with van der Waals surface area (Å²) in [6, 6.07) is 20.5. The van der Waals surface area contributed by atoms with E-state index in [-0.39, 0.29) is 6.10 Å². The molecule has 26 heavy (non-hydrogen) atoms. The molecule has 0 aliphatic heterocycles. The molecular weight excluding hydrogens is 324 g/mol. The van der Waals surface area contributed by atoms with E-state index in [0.29, 0.717) is 13.2 Å². The number of hydrogen-bond donors (Lipinski definition) is 1. The van der Waals surface area contributed by atoms with Gasteiger partial charge in [-0.2, -0.15) is 0 Å². The van der Waals surface area contributed by atoms with Crippen molar-refractivity contribution in [1.29, 1.82) is 0 Å². The molecular formula is C23H32O3. The van der Waals surface area contributed by atoms with Gasteiger partial charge >= 0.3 is 0 Å². The van der Waals surface area contributed by atoms with Crippen molar-refractivity contribution in [2.75, 3.05) is 13.2 Å². The molecule has 0 aromatic heterocycles. The first-order valence-electron chi connectivity index (χ1n) is 9.76. The molecule has 3 nitrogen and oxygen atoms in total. The van der Waals surface area contributed by atoms with Crippen molar-refractivity contribution in [2.45, 2.75) is 57.8 Å². The van der Waals surface area contributed by atoms with Gasteiger partial charge < -0.3 is 14.6 Å². The van der Waals surface area contributed by atoms with E-state index in [1.807, 2.05) is 36.4 Å². The molecule has 0 saturated carbocycles. The predicted molar refractivity (Wildman–Crippen MR) is 106 cm³/mol. The maximum Gasteiger partial charge on any atom is 0.0716 e. The number of aliphatic hydroxyl groups is 1. The lowest BCUT2D eigenvalue weighted by atomic mass is 10.1. The third-order valence-corrected chi connectivity index (χ3v) is 4.38. The topological polar surface area (TPSA) is 38.7 Å². The van der Waals surface area contributed by atoms with Crippen LogP contribution >= 0.6 is 0 Å². The molecule has 2 aromatic rings. The van der Waals surface area contributed by atoms with Crippen molar-refractivity contribution < 1.29 is 14.6 Å². The van der Waals surface area contributed by atoms with Gasteiger partial charge in [0.1, 0.15) is 0 Å². The van der Waals surface area contributed by atoms with Crippen molar-refractivity contribution >= 4 is 0 Å². The zero-order valence-electron chi connectivity index (χ0n) is 15.7. The summed E-state index contributed by atoms with van der Waals surface area (Å²) in [5.41, 5.74) is 2.42. The van der Waals surface area contributed by atoms with Crippen LogP contribution < -0.4 is 0 Å². The van der Waals surface area contributed by atoms with E-state index >= 15 is 0 Å². The van der Waals surface area contributed by atoms with Crippen LogP contribution in [0.15, 0.2) is 60.7 Å². The van der Waals surface area contributed by atoms with Crippen LogP contribution in [0.3, 0.4) is 0 Å². The zero-order valence-corrected chi connectivity index (χ0v) is 15.7. The fourth-order valence-corrected chi connectivity index (χ4v) is 2.84. The summed E-state index contributed by atoms with van der Waals surface area (Å²) < 4.78 is 11.3. The number of ether oxygens (including phenoxy) is 2. The highest BCUT2D eigenvalue weighted by atomic mass is 16.5. The number of hydrogen-bond acceptors (Lipinski definition) is 3. The van der Waals surface area contributed by atoms with Gasteiger partial charge in [0.05, 0.1) is 19.3 Å². The van der Waals surface area contributed by atoms with Crippen molar-refractivity contribution in [3.63, 3.8) is 0 Å². The van der Waals surface area contributed by atoms with E-state index in [4.69, 9.17) is 9.47 Å². The maximum atomic E-state index is 10.0. The second kappa shape index (κ2) is 13.5. The van der Waals surface area contributed by atoms with Gasteiger partial charge in [0, 0.05) is 13.2 Å². The SMILES string of the molecule is OC(CCCCOCc1ccccc1)CCCCOCc1ccccc1. The highest BCUT2D eigenvalue weighted by Gasteiger charge is 2.04. The summed E-state index contributed by atoms with van der Waals surface area (Å²) in [4.78, 5) is 0. The number of benzene rings is 2. The molecule has 0 amide bonds. The Morgan fingerprint density at radius 2 is 1.04 bits per heavy atom. The summed E-state index contributed by atoms with van der Waals surface area (Å²) in [6.45, 7) is 2.86. The average Bonchev–Trinajstić information content (AvgIpc) is 2.69. The molecule has 2 rings (SSSR count). The first-order chi connectivity index (χ1) is 12.8. The Labute approximate surface area is 158 Å². The van der Waals surface area contributed by atoms with Crippen LogP contribution in [0, 0.1) is 0 Å². The highest BCUT2D eigenvalue weighted by Crippen LogP contribution is 2.10. The van der Waals surface area contributed by atoms with Crippen LogP contribution in [0.25, 0.3) is 0 Å². The fourth-order valence-electron chi connectivity index (χ4n) is 2.84. The molecule has 0 aliphatic carbocycles. The second-order valence-electron chi connectivity index (χ2n) is 6.72. The maximum absolute atomic E-state index is 10.0. The van der Waals surface area contributed by atoms with Gasteiger partial charge in [-0.3, -0.25) is 0 Å². The fraction of sp³-hybridized carbons (Fsp3) is 0.478. The van der Waals surface area contributed by atoms with Crippen LogP contribution in [-0.2, 0) is 22.7 Å². The van der Waals surface area contributed by atoms with Gasteiger partial charge in [-0.15, -0.1) is 0 Å². The van der Waals surface area contributed by atoms with E-state index in [9.17, 15) is 5.11 Å². The molecule has 0 aliphatic rings. The molecule has 0 bridgehead atoms. The minimum absolute atomic E-state index is 0.196. The Bertz CT molecular complexity index is 505. The Morgan fingerprint density at radius 1 is 0.615 bits per heavy atom. The average molecular weight is 357 g/mol. The van der Waals surface area contributed by atoms with E-state index in [2.05, 4.69) is 24.3 Å². The second-order valence-corrected chi connectivity index (χ2v) is 6.72. The molecule has 0 radical (unpaired) electrons. The smallest absolute Gasteiger partial charge is 0.0716 e. The first kappa shape index (κ1) is 20.6. The standard InChI is InChI=1S/C23H32O3/c24-23(15-7-9-17-25-19-21-11-3-1-4-12-21)16-8-10-18-26-20-22-13-5-2-6-14-22/h1-6,11-14,23-24H,7-10,15-20H2. The van der Waals surface area contributed by atoms with Gasteiger partial charge in [0.15, 0.2) is 0 Å². The van der Waals surface area contributed by atoms with Crippen molar-refractivity contribution in [1.82, 2.24) is 0 Å². The highest BCUT2D eigenvalue weighted by molar-refractivity contribution is 5.14. The minimum Gasteiger partial charge on any atom is -0.393 e. The molecule has 0 saturated heterocycles. The molecule has 0 unspecified atom stereocenters. The van der Waals surface area contributed by atoms with Crippen LogP contribution in [0.1, 0.15) is 49.7 Å². The molecule has 2 aromatic carbocycles. The summed E-state index contributed by atoms with van der Waals surface area (Å²) in [6.07, 6.45) is 5.56. The van der Waals surface area contributed by atoms with E-state index in [0.717, 1.165) is 51.7 Å². The monoisotopic (exact) mass is 356 g/mol. The largest absolute Gasteiger partial charge is 0.393 e. The lowest BCUT2D eigenvalue weighted by Gasteiger charge is -2.11. The molecule has 0 atom stereocenters. The Hall–Kier alpha value is -1.68. The minimum atomic E-state index is -0.196. The Morgan fingerprint density at radius 3 is 1.46 bits per heavy atom. The number of rotatable bonds is 14. The molecule has 0 fully saturated rings. The van der Waals surface area contributed by atoms with E-state index in [1.54, 1.807) is 0 Å². The van der Waals surface area contributed by atoms with Gasteiger partial charge in [0.25, 0.3) is 0 Å². The Kier molecular flexibility index (Phi) is 10.7. The van der Waals surface area contributed by atoms with Gasteiger partial charge in [-0.1, -0.05) is 60.7 Å². The summed E-state index contributed by atoms with van der Waals surface area (Å²) in [5.74, 6) is 0. The van der Waals surface area contributed by atoms with Gasteiger partial charge in [-0.25, -0.2) is 0 Å². The first-order valence-corrected chi connectivity index (χ1v) is 9.76. The predicted octanol–water partition coefficient (Wildman–Crippen LogP) is 5.12. The normalized spacial score (nSPS) is 11.2. The van der Waals surface area contributed by atoms with Gasteiger partial charge in [-0.05, 0) is 49.7 Å². The van der Waals surface area contributed by atoms with E-state index in [1.165, 1.54) is 11.1 Å². The van der Waals surface area contributed by atoms with Crippen LogP contribution in [0.4, 0.5) is 0 Å². The quantitative estimate of drug-likeness (QED) is 0.477. The molecule has 0 heterocycles. The molecule has 0 spiro atoms. The summed E-state index contributed by atoms with van der Waals surface area (Å²) in [7, 11) is 0. The Balaban J connectivity index is 1.36. The molecule has 142 valence electrons. The lowest BCUT2D eigenvalue weighted by molar-refractivity contribution is 0.100. The zero-order chi connectivity index (χ0) is 18.3. The van der Waals surface area contributed by atoms with Crippen LogP contribution in [0.5, 0.6) is 0 Å². The summed E-state index contributed by atoms with van der Waals surface area (Å²) in [5, 5.41) is 10.0. The summed E-state index contributed by atoms with van der Waals surface area (Å²) >= 11 is 0. The lowest BCUT2D eigenvalue weighted by Crippen LogP contribution is -2.07. The van der Waals surface area contributed by atoms with Crippen molar-refractivity contribution in [2.24, 2.45) is 0 Å². The molecule has 3 heteroatoms.